The molecular weight excluding hydrogens is 310 g/mol. The van der Waals surface area contributed by atoms with Crippen LogP contribution in [0.5, 0.6) is 0 Å². The number of amides is 1. The molecule has 5 nitrogen and oxygen atoms in total. The van der Waals surface area contributed by atoms with E-state index in [4.69, 9.17) is 11.6 Å². The molecule has 0 saturated heterocycles. The summed E-state index contributed by atoms with van der Waals surface area (Å²) >= 11 is 7.37. The van der Waals surface area contributed by atoms with Crippen LogP contribution in [0.4, 0.5) is 0 Å². The first-order valence-electron chi connectivity index (χ1n) is 6.37. The lowest BCUT2D eigenvalue weighted by Gasteiger charge is -2.09. The summed E-state index contributed by atoms with van der Waals surface area (Å²) in [5, 5.41) is 13.3. The number of imidazole rings is 1. The van der Waals surface area contributed by atoms with E-state index in [1.54, 1.807) is 17.8 Å². The number of aliphatic hydroxyl groups is 1. The molecule has 0 saturated carbocycles. The van der Waals surface area contributed by atoms with Gasteiger partial charge in [0.2, 0.25) is 5.91 Å². The van der Waals surface area contributed by atoms with Crippen LogP contribution in [0.3, 0.4) is 0 Å². The molecule has 2 aromatic rings. The summed E-state index contributed by atoms with van der Waals surface area (Å²) in [5.74, 6) is 0.586. The number of rotatable bonds is 6. The Morgan fingerprint density at radius 3 is 2.76 bits per heavy atom. The number of nitrogens with one attached hydrogen (secondary N) is 1. The van der Waals surface area contributed by atoms with E-state index in [0.717, 1.165) is 5.56 Å². The summed E-state index contributed by atoms with van der Waals surface area (Å²) in [4.78, 5) is 15.8. The first-order valence-corrected chi connectivity index (χ1v) is 7.73. The van der Waals surface area contributed by atoms with Gasteiger partial charge in [-0.15, -0.1) is 0 Å². The number of carbonyl (C=O) groups is 1. The topological polar surface area (TPSA) is 67.2 Å². The van der Waals surface area contributed by atoms with Crippen molar-refractivity contribution >= 4 is 29.3 Å². The highest BCUT2D eigenvalue weighted by atomic mass is 35.5. The average molecular weight is 326 g/mol. The second-order valence-electron chi connectivity index (χ2n) is 4.36. The molecule has 0 aliphatic rings. The summed E-state index contributed by atoms with van der Waals surface area (Å²) in [6.45, 7) is 0.000837. The van der Waals surface area contributed by atoms with E-state index in [9.17, 15) is 9.90 Å². The zero-order valence-corrected chi connectivity index (χ0v) is 13.1. The number of halogens is 1. The zero-order valence-electron chi connectivity index (χ0n) is 11.5. The number of aliphatic hydroxyl groups excluding tert-OH is 1. The van der Waals surface area contributed by atoms with Gasteiger partial charge >= 0.3 is 0 Å². The van der Waals surface area contributed by atoms with Gasteiger partial charge in [-0.2, -0.15) is 0 Å². The van der Waals surface area contributed by atoms with Crippen molar-refractivity contribution < 1.29 is 9.90 Å². The van der Waals surface area contributed by atoms with Crippen LogP contribution in [0.1, 0.15) is 11.3 Å². The van der Waals surface area contributed by atoms with Crippen LogP contribution in [0.25, 0.3) is 0 Å². The molecule has 0 unspecified atom stereocenters. The number of nitrogens with zero attached hydrogens (tertiary/aromatic N) is 2. The third-order valence-corrected chi connectivity index (χ3v) is 4.24. The van der Waals surface area contributed by atoms with Gasteiger partial charge in [0.05, 0.1) is 18.5 Å². The van der Waals surface area contributed by atoms with Gasteiger partial charge in [-0.05, 0) is 17.7 Å². The van der Waals surface area contributed by atoms with Crippen LogP contribution in [0.2, 0.25) is 5.02 Å². The van der Waals surface area contributed by atoms with Crippen LogP contribution in [-0.4, -0.2) is 27.6 Å². The summed E-state index contributed by atoms with van der Waals surface area (Å²) in [7, 11) is 1.58. The summed E-state index contributed by atoms with van der Waals surface area (Å²) in [6.07, 6.45) is 1.59. The van der Waals surface area contributed by atoms with Crippen molar-refractivity contribution in [3.8, 4) is 0 Å². The molecule has 1 amide bonds. The van der Waals surface area contributed by atoms with E-state index in [2.05, 4.69) is 10.3 Å². The van der Waals surface area contributed by atoms with E-state index in [1.165, 1.54) is 11.8 Å². The van der Waals surface area contributed by atoms with Crippen molar-refractivity contribution in [3.63, 3.8) is 0 Å². The predicted octanol–water partition coefficient (Wildman–Crippen LogP) is 2.07. The normalized spacial score (nSPS) is 10.6. The fraction of sp³-hybridized carbons (Fsp3) is 0.286. The average Bonchev–Trinajstić information content (AvgIpc) is 2.88. The Morgan fingerprint density at radius 1 is 1.43 bits per heavy atom. The molecule has 0 aliphatic carbocycles. The minimum Gasteiger partial charge on any atom is -0.390 e. The highest BCUT2D eigenvalue weighted by Crippen LogP contribution is 2.23. The lowest BCUT2D eigenvalue weighted by atomic mass is 10.2. The number of aromatic nitrogens is 2. The van der Waals surface area contributed by atoms with E-state index in [1.807, 2.05) is 24.3 Å². The van der Waals surface area contributed by atoms with E-state index in [0.29, 0.717) is 21.6 Å². The maximum absolute atomic E-state index is 11.5. The highest BCUT2D eigenvalue weighted by Gasteiger charge is 2.12. The Balaban J connectivity index is 2.10. The molecule has 7 heteroatoms. The Hall–Kier alpha value is -1.50. The number of thioether (sulfide) groups is 1. The number of carbonyl (C=O) groups excluding carboxylic acids is 1. The molecule has 1 aromatic carbocycles. The largest absolute Gasteiger partial charge is 0.390 e. The van der Waals surface area contributed by atoms with Crippen LogP contribution < -0.4 is 5.32 Å². The Morgan fingerprint density at radius 2 is 2.14 bits per heavy atom. The molecule has 1 heterocycles. The van der Waals surface area contributed by atoms with Crippen molar-refractivity contribution in [2.45, 2.75) is 24.1 Å². The monoisotopic (exact) mass is 325 g/mol. The molecule has 21 heavy (non-hydrogen) atoms. The molecule has 0 bridgehead atoms. The number of benzene rings is 1. The molecule has 2 rings (SSSR count). The summed E-state index contributed by atoms with van der Waals surface area (Å²) in [6, 6.07) is 7.59. The maximum Gasteiger partial charge on any atom is 0.239 e. The van der Waals surface area contributed by atoms with Crippen molar-refractivity contribution in [2.75, 3.05) is 7.05 Å². The maximum atomic E-state index is 11.5. The van der Waals surface area contributed by atoms with Gasteiger partial charge in [-0.3, -0.25) is 4.79 Å². The SMILES string of the molecule is CNC(=O)Cn1c(CO)cnc1SCc1ccc(Cl)cc1. The molecule has 0 spiro atoms. The highest BCUT2D eigenvalue weighted by molar-refractivity contribution is 7.98. The first-order chi connectivity index (χ1) is 10.1. The molecule has 1 aromatic heterocycles. The minimum atomic E-state index is -0.147. The lowest BCUT2D eigenvalue weighted by Crippen LogP contribution is -2.24. The van der Waals surface area contributed by atoms with Gasteiger partial charge in [0.15, 0.2) is 5.16 Å². The van der Waals surface area contributed by atoms with E-state index >= 15 is 0 Å². The van der Waals surface area contributed by atoms with Gasteiger partial charge in [0.1, 0.15) is 6.54 Å². The minimum absolute atomic E-state index is 0.129. The summed E-state index contributed by atoms with van der Waals surface area (Å²) in [5.41, 5.74) is 1.74. The molecular formula is C14H16ClN3O2S. The van der Waals surface area contributed by atoms with Crippen molar-refractivity contribution in [3.05, 3.63) is 46.7 Å². The molecule has 0 fully saturated rings. The second-order valence-corrected chi connectivity index (χ2v) is 5.74. The van der Waals surface area contributed by atoms with E-state index < -0.39 is 0 Å². The fourth-order valence-electron chi connectivity index (χ4n) is 1.75. The summed E-state index contributed by atoms with van der Waals surface area (Å²) < 4.78 is 1.72. The third-order valence-electron chi connectivity index (χ3n) is 2.93. The van der Waals surface area contributed by atoms with Gasteiger partial charge in [0, 0.05) is 17.8 Å². The Labute approximate surface area is 132 Å². The van der Waals surface area contributed by atoms with E-state index in [-0.39, 0.29) is 19.1 Å². The number of hydrogen-bond donors (Lipinski definition) is 2. The van der Waals surface area contributed by atoms with Gasteiger partial charge < -0.3 is 15.0 Å². The zero-order chi connectivity index (χ0) is 15.2. The molecule has 2 N–H and O–H groups in total. The second kappa shape index (κ2) is 7.49. The number of likely N-dealkylation sites (N-methyl/N-ethyl adjacent to an activating group) is 1. The van der Waals surface area contributed by atoms with Gasteiger partial charge in [-0.25, -0.2) is 4.98 Å². The molecule has 0 radical (unpaired) electrons. The third kappa shape index (κ3) is 4.23. The molecule has 0 atom stereocenters. The Bertz CT molecular complexity index is 613. The van der Waals surface area contributed by atoms with Crippen molar-refractivity contribution in [1.29, 1.82) is 0 Å². The van der Waals surface area contributed by atoms with Crippen molar-refractivity contribution in [2.24, 2.45) is 0 Å². The van der Waals surface area contributed by atoms with Crippen LogP contribution in [0, 0.1) is 0 Å². The van der Waals surface area contributed by atoms with Crippen molar-refractivity contribution in [1.82, 2.24) is 14.9 Å². The molecule has 112 valence electrons. The van der Waals surface area contributed by atoms with Crippen LogP contribution in [0.15, 0.2) is 35.6 Å². The lowest BCUT2D eigenvalue weighted by molar-refractivity contribution is -0.121. The smallest absolute Gasteiger partial charge is 0.239 e. The fourth-order valence-corrected chi connectivity index (χ4v) is 2.83. The number of hydrogen-bond acceptors (Lipinski definition) is 4. The van der Waals surface area contributed by atoms with Gasteiger partial charge in [0.25, 0.3) is 0 Å². The standard InChI is InChI=1S/C14H16ClN3O2S/c1-16-13(20)7-18-12(8-19)6-17-14(18)21-9-10-2-4-11(15)5-3-10/h2-6,19H,7-9H2,1H3,(H,16,20). The first kappa shape index (κ1) is 15.9. The predicted molar refractivity (Wildman–Crippen MR) is 83.2 cm³/mol. The molecule has 0 aliphatic heterocycles. The van der Waals surface area contributed by atoms with Crippen LogP contribution in [-0.2, 0) is 23.7 Å². The Kier molecular flexibility index (Phi) is 5.67. The van der Waals surface area contributed by atoms with Gasteiger partial charge in [-0.1, -0.05) is 35.5 Å². The van der Waals surface area contributed by atoms with Crippen LogP contribution >= 0.6 is 23.4 Å². The quantitative estimate of drug-likeness (QED) is 0.798.